The number of hydrogen-bond acceptors (Lipinski definition) is 3. The maximum Gasteiger partial charge on any atom is 0.173 e. The Hall–Kier alpha value is -3.38. The average molecular weight is 641 g/mol. The van der Waals surface area contributed by atoms with Gasteiger partial charge in [0, 0.05) is 28.0 Å². The van der Waals surface area contributed by atoms with E-state index < -0.39 is 17.0 Å². The Bertz CT molecular complexity index is 1640. The van der Waals surface area contributed by atoms with Crippen LogP contribution in [0.15, 0.2) is 66.0 Å². The van der Waals surface area contributed by atoms with Gasteiger partial charge in [0.1, 0.15) is 29.7 Å². The number of ether oxygens (including phenoxy) is 1. The second kappa shape index (κ2) is 14.2. The summed E-state index contributed by atoms with van der Waals surface area (Å²) < 4.78 is 52.5. The van der Waals surface area contributed by atoms with Gasteiger partial charge in [-0.1, -0.05) is 49.2 Å². The van der Waals surface area contributed by atoms with E-state index in [-0.39, 0.29) is 17.1 Å². The molecule has 232 valence electrons. The van der Waals surface area contributed by atoms with Crippen molar-refractivity contribution in [2.75, 3.05) is 33.3 Å². The second-order valence-electron chi connectivity index (χ2n) is 11.2. The Morgan fingerprint density at radius 3 is 2.18 bits per heavy atom. The first-order chi connectivity index (χ1) is 21.0. The Morgan fingerprint density at radius 2 is 1.59 bits per heavy atom. The number of rotatable bonds is 11. The quantitative estimate of drug-likeness (QED) is 0.0931. The van der Waals surface area contributed by atoms with E-state index in [2.05, 4.69) is 37.6 Å². The standard InChI is InChI=1S/C35H38ClF3N3OS/c1-7-42(8-2,9-3)18-10-11-24-19-30(38)28(31(39)20-24)23-44-34-40-22-33(41(34)27-15-13-26(37)14-16-27)35(4,5)25-12-17-29(36)32(21-25)43-6/h12-17,19-22H,7-9,18,23H2,1-6H3/q+1. The number of benzene rings is 3. The summed E-state index contributed by atoms with van der Waals surface area (Å²) in [6, 6.07) is 14.2. The predicted molar refractivity (Wildman–Crippen MR) is 173 cm³/mol. The van der Waals surface area contributed by atoms with E-state index >= 15 is 8.78 Å². The molecular formula is C35H38ClF3N3OS+. The molecule has 0 amide bonds. The summed E-state index contributed by atoms with van der Waals surface area (Å²) in [5.41, 5.74) is 2.04. The maximum atomic E-state index is 15.2. The van der Waals surface area contributed by atoms with Crippen LogP contribution in [0.25, 0.3) is 5.69 Å². The molecule has 44 heavy (non-hydrogen) atoms. The molecule has 0 radical (unpaired) electrons. The highest BCUT2D eigenvalue weighted by atomic mass is 35.5. The van der Waals surface area contributed by atoms with Crippen molar-refractivity contribution in [2.45, 2.75) is 50.9 Å². The summed E-state index contributed by atoms with van der Waals surface area (Å²) in [5.74, 6) is 4.93. The predicted octanol–water partition coefficient (Wildman–Crippen LogP) is 8.80. The van der Waals surface area contributed by atoms with Crippen molar-refractivity contribution in [3.63, 3.8) is 0 Å². The molecule has 4 aromatic rings. The number of thioether (sulfide) groups is 1. The van der Waals surface area contributed by atoms with Crippen molar-refractivity contribution >= 4 is 23.4 Å². The van der Waals surface area contributed by atoms with Crippen molar-refractivity contribution in [3.05, 3.63) is 106 Å². The molecule has 0 saturated heterocycles. The summed E-state index contributed by atoms with van der Waals surface area (Å²) in [6.45, 7) is 13.9. The van der Waals surface area contributed by atoms with Gasteiger partial charge in [0.2, 0.25) is 0 Å². The first-order valence-electron chi connectivity index (χ1n) is 14.6. The number of quaternary nitrogens is 1. The van der Waals surface area contributed by atoms with E-state index in [4.69, 9.17) is 16.3 Å². The lowest BCUT2D eigenvalue weighted by Crippen LogP contribution is -2.47. The van der Waals surface area contributed by atoms with Crippen LogP contribution in [0.3, 0.4) is 0 Å². The Balaban J connectivity index is 1.66. The zero-order valence-electron chi connectivity index (χ0n) is 26.0. The van der Waals surface area contributed by atoms with Gasteiger partial charge in [0.15, 0.2) is 5.16 Å². The van der Waals surface area contributed by atoms with Crippen molar-refractivity contribution in [3.8, 4) is 23.3 Å². The SMILES string of the molecule is CC[N+](CC)(CC)CC#Cc1cc(F)c(CSc2ncc(C(C)(C)c3ccc(Cl)c(OC)c3)n2-c2ccc(F)cc2)c(F)c1. The average Bonchev–Trinajstić information content (AvgIpc) is 3.44. The summed E-state index contributed by atoms with van der Waals surface area (Å²) in [7, 11) is 1.56. The molecule has 0 saturated carbocycles. The van der Waals surface area contributed by atoms with E-state index in [1.54, 1.807) is 31.5 Å². The van der Waals surface area contributed by atoms with Gasteiger partial charge in [-0.3, -0.25) is 4.57 Å². The number of methoxy groups -OCH3 is 1. The molecular weight excluding hydrogens is 603 g/mol. The lowest BCUT2D eigenvalue weighted by molar-refractivity contribution is -0.916. The topological polar surface area (TPSA) is 27.1 Å². The van der Waals surface area contributed by atoms with Crippen molar-refractivity contribution in [1.82, 2.24) is 9.55 Å². The largest absolute Gasteiger partial charge is 0.495 e. The van der Waals surface area contributed by atoms with Crippen LogP contribution in [0.1, 0.15) is 57.0 Å². The van der Waals surface area contributed by atoms with E-state index in [0.29, 0.717) is 33.7 Å². The van der Waals surface area contributed by atoms with Gasteiger partial charge in [-0.15, -0.1) is 0 Å². The molecule has 0 aliphatic carbocycles. The summed E-state index contributed by atoms with van der Waals surface area (Å²) in [4.78, 5) is 4.65. The molecule has 4 rings (SSSR count). The van der Waals surface area contributed by atoms with Crippen molar-refractivity contribution in [2.24, 2.45) is 0 Å². The van der Waals surface area contributed by atoms with Crippen LogP contribution >= 0.6 is 23.4 Å². The molecule has 0 unspecified atom stereocenters. The molecule has 0 atom stereocenters. The van der Waals surface area contributed by atoms with Crippen LogP contribution in [-0.4, -0.2) is 47.3 Å². The van der Waals surface area contributed by atoms with Crippen LogP contribution in [0, 0.1) is 29.3 Å². The number of aromatic nitrogens is 2. The van der Waals surface area contributed by atoms with Crippen LogP contribution in [0.5, 0.6) is 5.75 Å². The molecule has 0 N–H and O–H groups in total. The molecule has 1 heterocycles. The smallest absolute Gasteiger partial charge is 0.173 e. The molecule has 0 aliphatic heterocycles. The third kappa shape index (κ3) is 7.12. The molecule has 0 spiro atoms. The Labute approximate surface area is 267 Å². The third-order valence-corrected chi connectivity index (χ3v) is 9.77. The molecule has 0 fully saturated rings. The normalized spacial score (nSPS) is 11.8. The first-order valence-corrected chi connectivity index (χ1v) is 16.0. The maximum absolute atomic E-state index is 15.2. The fraction of sp³-hybridized carbons (Fsp3) is 0.343. The van der Waals surface area contributed by atoms with E-state index in [0.717, 1.165) is 35.4 Å². The van der Waals surface area contributed by atoms with Gasteiger partial charge in [0.25, 0.3) is 0 Å². The van der Waals surface area contributed by atoms with E-state index in [9.17, 15) is 4.39 Å². The molecule has 9 heteroatoms. The molecule has 0 bridgehead atoms. The second-order valence-corrected chi connectivity index (χ2v) is 12.5. The lowest BCUT2D eigenvalue weighted by Gasteiger charge is -2.33. The number of hydrogen-bond donors (Lipinski definition) is 0. The van der Waals surface area contributed by atoms with Gasteiger partial charge >= 0.3 is 0 Å². The highest BCUT2D eigenvalue weighted by Gasteiger charge is 2.30. The zero-order valence-corrected chi connectivity index (χ0v) is 27.6. The zero-order chi connectivity index (χ0) is 32.1. The van der Waals surface area contributed by atoms with Gasteiger partial charge in [-0.2, -0.15) is 0 Å². The van der Waals surface area contributed by atoms with Crippen LogP contribution < -0.4 is 4.74 Å². The Kier molecular flexibility index (Phi) is 10.8. The molecule has 1 aromatic heterocycles. The summed E-state index contributed by atoms with van der Waals surface area (Å²) >= 11 is 7.48. The number of imidazole rings is 1. The summed E-state index contributed by atoms with van der Waals surface area (Å²) in [5, 5.41) is 1.00. The fourth-order valence-corrected chi connectivity index (χ4v) is 6.38. The monoisotopic (exact) mass is 640 g/mol. The molecule has 3 aromatic carbocycles. The summed E-state index contributed by atoms with van der Waals surface area (Å²) in [6.07, 6.45) is 1.74. The van der Waals surface area contributed by atoms with Crippen molar-refractivity contribution in [1.29, 1.82) is 0 Å². The van der Waals surface area contributed by atoms with E-state index in [1.807, 2.05) is 30.5 Å². The van der Waals surface area contributed by atoms with Gasteiger partial charge in [0.05, 0.1) is 43.7 Å². The minimum atomic E-state index is -0.655. The highest BCUT2D eigenvalue weighted by molar-refractivity contribution is 7.98. The Morgan fingerprint density at radius 1 is 0.955 bits per heavy atom. The molecule has 4 nitrogen and oxygen atoms in total. The van der Waals surface area contributed by atoms with Crippen LogP contribution in [0.4, 0.5) is 13.2 Å². The van der Waals surface area contributed by atoms with Gasteiger partial charge < -0.3 is 9.22 Å². The van der Waals surface area contributed by atoms with Crippen molar-refractivity contribution < 1.29 is 22.4 Å². The van der Waals surface area contributed by atoms with Gasteiger partial charge in [-0.25, -0.2) is 18.2 Å². The minimum Gasteiger partial charge on any atom is -0.495 e. The van der Waals surface area contributed by atoms with E-state index in [1.165, 1.54) is 36.0 Å². The number of nitrogens with zero attached hydrogens (tertiary/aromatic N) is 3. The van der Waals surface area contributed by atoms with Crippen LogP contribution in [-0.2, 0) is 11.2 Å². The van der Waals surface area contributed by atoms with Crippen LogP contribution in [0.2, 0.25) is 5.02 Å². The first kappa shape index (κ1) is 33.5. The lowest BCUT2D eigenvalue weighted by atomic mass is 9.81. The highest BCUT2D eigenvalue weighted by Crippen LogP contribution is 2.39. The fourth-order valence-electron chi connectivity index (χ4n) is 5.18. The number of halogens is 4. The third-order valence-electron chi connectivity index (χ3n) is 8.47. The van der Waals surface area contributed by atoms with Gasteiger partial charge in [-0.05, 0) is 80.8 Å². The minimum absolute atomic E-state index is 0.000274. The molecule has 0 aliphatic rings.